The second kappa shape index (κ2) is 9.65. The van der Waals surface area contributed by atoms with Gasteiger partial charge < -0.3 is 10.0 Å². The molecule has 3 aromatic carbocycles. The second-order valence-corrected chi connectivity index (χ2v) is 8.72. The van der Waals surface area contributed by atoms with E-state index in [0.29, 0.717) is 28.8 Å². The molecule has 0 fully saturated rings. The number of carboxylic acids is 1. The molecule has 0 saturated carbocycles. The number of amides is 1. The second-order valence-electron chi connectivity index (χ2n) is 8.72. The first kappa shape index (κ1) is 25.8. The first-order valence-electron chi connectivity index (χ1n) is 11.2. The number of carbonyl (C=O) groups excluding carboxylic acids is 2. The zero-order chi connectivity index (χ0) is 27.1. The molecule has 3 aromatic rings. The number of hydrogen-bond donors (Lipinski definition) is 1. The summed E-state index contributed by atoms with van der Waals surface area (Å²) < 4.78 is 52.9. The van der Waals surface area contributed by atoms with Gasteiger partial charge in [0.1, 0.15) is 11.7 Å². The van der Waals surface area contributed by atoms with Crippen LogP contribution in [-0.4, -0.2) is 33.7 Å². The molecular formula is C28H21F4NO4. The van der Waals surface area contributed by atoms with Gasteiger partial charge in [0.25, 0.3) is 5.91 Å². The molecule has 0 bridgehead atoms. The Labute approximate surface area is 209 Å². The minimum absolute atomic E-state index is 0.0896. The topological polar surface area (TPSA) is 74.7 Å². The third-order valence-electron chi connectivity index (χ3n) is 6.50. The number of benzene rings is 3. The van der Waals surface area contributed by atoms with E-state index in [4.69, 9.17) is 0 Å². The zero-order valence-electron chi connectivity index (χ0n) is 19.6. The number of alkyl halides is 3. The molecule has 4 rings (SSSR count). The lowest BCUT2D eigenvalue weighted by Gasteiger charge is -2.39. The Morgan fingerprint density at radius 3 is 2.38 bits per heavy atom. The molecule has 2 atom stereocenters. The van der Waals surface area contributed by atoms with Gasteiger partial charge in [0, 0.05) is 23.7 Å². The van der Waals surface area contributed by atoms with Gasteiger partial charge in [-0.25, -0.2) is 4.39 Å². The van der Waals surface area contributed by atoms with Gasteiger partial charge in [-0.3, -0.25) is 14.4 Å². The molecule has 9 heteroatoms. The van der Waals surface area contributed by atoms with E-state index in [-0.39, 0.29) is 29.0 Å². The van der Waals surface area contributed by atoms with E-state index >= 15 is 0 Å². The van der Waals surface area contributed by atoms with Crippen LogP contribution < -0.4 is 0 Å². The van der Waals surface area contributed by atoms with Crippen LogP contribution in [0.3, 0.4) is 0 Å². The Hall–Kier alpha value is -4.27. The lowest BCUT2D eigenvalue weighted by atomic mass is 9.81. The smallest absolute Gasteiger partial charge is 0.419 e. The normalized spacial score (nSPS) is 17.3. The molecule has 2 unspecified atom stereocenters. The van der Waals surface area contributed by atoms with Crippen LogP contribution in [0.15, 0.2) is 73.3 Å². The summed E-state index contributed by atoms with van der Waals surface area (Å²) in [4.78, 5) is 39.2. The molecule has 0 aromatic heterocycles. The molecule has 0 radical (unpaired) electrons. The fourth-order valence-corrected chi connectivity index (χ4v) is 4.66. The van der Waals surface area contributed by atoms with E-state index in [9.17, 15) is 37.1 Å². The van der Waals surface area contributed by atoms with Crippen LogP contribution in [0, 0.1) is 5.82 Å². The molecule has 190 valence electrons. The Bertz CT molecular complexity index is 1430. The van der Waals surface area contributed by atoms with Crippen molar-refractivity contribution in [3.8, 4) is 11.1 Å². The summed E-state index contributed by atoms with van der Waals surface area (Å²) in [6, 6.07) is 12.8. The molecule has 1 aliphatic heterocycles. The summed E-state index contributed by atoms with van der Waals surface area (Å²) in [6.07, 6.45) is -3.69. The average Bonchev–Trinajstić information content (AvgIpc) is 2.85. The van der Waals surface area contributed by atoms with Crippen LogP contribution in [0.4, 0.5) is 17.6 Å². The van der Waals surface area contributed by atoms with E-state index in [0.717, 1.165) is 6.07 Å². The van der Waals surface area contributed by atoms with Gasteiger partial charge >= 0.3 is 12.1 Å². The highest BCUT2D eigenvalue weighted by molar-refractivity contribution is 6.09. The Morgan fingerprint density at radius 2 is 1.76 bits per heavy atom. The van der Waals surface area contributed by atoms with Crippen molar-refractivity contribution in [2.45, 2.75) is 31.6 Å². The molecule has 5 nitrogen and oxygen atoms in total. The van der Waals surface area contributed by atoms with E-state index in [2.05, 4.69) is 6.58 Å². The van der Waals surface area contributed by atoms with Crippen molar-refractivity contribution < 1.29 is 37.1 Å². The highest BCUT2D eigenvalue weighted by atomic mass is 19.4. The molecule has 0 saturated heterocycles. The van der Waals surface area contributed by atoms with Gasteiger partial charge in [-0.1, -0.05) is 43.0 Å². The van der Waals surface area contributed by atoms with Gasteiger partial charge in [0.2, 0.25) is 0 Å². The van der Waals surface area contributed by atoms with Crippen LogP contribution in [0.1, 0.15) is 50.2 Å². The number of halogens is 4. The first-order chi connectivity index (χ1) is 17.4. The van der Waals surface area contributed by atoms with Gasteiger partial charge in [-0.15, -0.1) is 0 Å². The number of hydrogen-bond acceptors (Lipinski definition) is 3. The van der Waals surface area contributed by atoms with Crippen molar-refractivity contribution in [2.75, 3.05) is 0 Å². The van der Waals surface area contributed by atoms with Crippen LogP contribution in [0.2, 0.25) is 0 Å². The molecule has 37 heavy (non-hydrogen) atoms. The molecule has 1 aliphatic rings. The van der Waals surface area contributed by atoms with Crippen molar-refractivity contribution in [3.63, 3.8) is 0 Å². The highest BCUT2D eigenvalue weighted by Crippen LogP contribution is 2.38. The SMILES string of the molecule is C=CC(=O)c1ccccc1-c1ccc2c(c1)C(C(=O)O)C(C)N(Cc1ccc(C(F)(F)F)c(F)c1)C2=O. The third-order valence-corrected chi connectivity index (χ3v) is 6.50. The first-order valence-corrected chi connectivity index (χ1v) is 11.2. The predicted octanol–water partition coefficient (Wildman–Crippen LogP) is 6.09. The number of ketones is 1. The summed E-state index contributed by atoms with van der Waals surface area (Å²) in [5.74, 6) is -4.72. The van der Waals surface area contributed by atoms with Crippen LogP contribution in [0.25, 0.3) is 11.1 Å². The highest BCUT2D eigenvalue weighted by Gasteiger charge is 2.41. The maximum absolute atomic E-state index is 14.1. The fourth-order valence-electron chi connectivity index (χ4n) is 4.66. The summed E-state index contributed by atoms with van der Waals surface area (Å²) in [5, 5.41) is 10.0. The van der Waals surface area contributed by atoms with Crippen molar-refractivity contribution in [2.24, 2.45) is 0 Å². The largest absolute Gasteiger partial charge is 0.481 e. The standard InChI is InChI=1S/C28H21F4NO4/c1-3-24(34)19-7-5-4-6-18(19)17-9-10-20-21(13-17)25(27(36)37)15(2)33(26(20)35)14-16-8-11-22(23(29)12-16)28(30,31)32/h3-13,15,25H,1,14H2,2H3,(H,36,37). The average molecular weight is 511 g/mol. The van der Waals surface area contributed by atoms with Crippen LogP contribution in [0.5, 0.6) is 0 Å². The fraction of sp³-hybridized carbons (Fsp3) is 0.179. The summed E-state index contributed by atoms with van der Waals surface area (Å²) in [5.41, 5.74) is 0.464. The number of carboxylic acid groups (broad SMARTS) is 1. The molecule has 0 spiro atoms. The van der Waals surface area contributed by atoms with Gasteiger partial charge in [0.05, 0.1) is 5.56 Å². The third kappa shape index (κ3) is 4.76. The van der Waals surface area contributed by atoms with Crippen molar-refractivity contribution in [1.82, 2.24) is 4.90 Å². The number of carbonyl (C=O) groups is 3. The summed E-state index contributed by atoms with van der Waals surface area (Å²) in [7, 11) is 0. The number of fused-ring (bicyclic) bond motifs is 1. The number of allylic oxidation sites excluding steroid dienone is 1. The molecule has 1 N–H and O–H groups in total. The van der Waals surface area contributed by atoms with E-state index < -0.39 is 41.4 Å². The van der Waals surface area contributed by atoms with Crippen molar-refractivity contribution >= 4 is 17.7 Å². The number of aliphatic carboxylic acids is 1. The van der Waals surface area contributed by atoms with E-state index in [1.807, 2.05) is 0 Å². The van der Waals surface area contributed by atoms with Crippen LogP contribution in [-0.2, 0) is 17.5 Å². The predicted molar refractivity (Wildman–Crippen MR) is 128 cm³/mol. The van der Waals surface area contributed by atoms with E-state index in [1.54, 1.807) is 36.4 Å². The summed E-state index contributed by atoms with van der Waals surface area (Å²) in [6.45, 7) is 4.74. The lowest BCUT2D eigenvalue weighted by Crippen LogP contribution is -2.48. The zero-order valence-corrected chi connectivity index (χ0v) is 19.6. The maximum atomic E-state index is 14.1. The Balaban J connectivity index is 1.75. The summed E-state index contributed by atoms with van der Waals surface area (Å²) >= 11 is 0. The van der Waals surface area contributed by atoms with Crippen molar-refractivity contribution in [3.05, 3.63) is 107 Å². The van der Waals surface area contributed by atoms with Gasteiger partial charge in [-0.2, -0.15) is 13.2 Å². The number of rotatable bonds is 6. The lowest BCUT2D eigenvalue weighted by molar-refractivity contribution is -0.141. The minimum Gasteiger partial charge on any atom is -0.481 e. The Morgan fingerprint density at radius 1 is 1.05 bits per heavy atom. The van der Waals surface area contributed by atoms with Crippen molar-refractivity contribution in [1.29, 1.82) is 0 Å². The Kier molecular flexibility index (Phi) is 6.73. The quantitative estimate of drug-likeness (QED) is 0.247. The molecule has 0 aliphatic carbocycles. The maximum Gasteiger partial charge on any atom is 0.419 e. The number of nitrogens with zero attached hydrogens (tertiary/aromatic N) is 1. The molecule has 1 heterocycles. The minimum atomic E-state index is -4.86. The van der Waals surface area contributed by atoms with E-state index in [1.165, 1.54) is 24.0 Å². The van der Waals surface area contributed by atoms with Gasteiger partial charge in [-0.05, 0) is 59.5 Å². The molecular weight excluding hydrogens is 490 g/mol. The van der Waals surface area contributed by atoms with Gasteiger partial charge in [0.15, 0.2) is 5.78 Å². The molecule has 1 amide bonds. The monoisotopic (exact) mass is 511 g/mol. The van der Waals surface area contributed by atoms with Crippen LogP contribution >= 0.6 is 0 Å².